The molecule has 0 aromatic rings. The minimum absolute atomic E-state index is 0.168. The van der Waals surface area contributed by atoms with Crippen LogP contribution in [0.1, 0.15) is 39.5 Å². The smallest absolute Gasteiger partial charge is 0.162 e. The minimum Gasteiger partial charge on any atom is -0.494 e. The number of hydrogen-bond acceptors (Lipinski definition) is 2. The first-order chi connectivity index (χ1) is 6.62. The second-order valence-electron chi connectivity index (χ2n) is 4.91. The molecule has 0 N–H and O–H groups in total. The number of hydrogen-bond donors (Lipinski definition) is 0. The molecular weight excluding hydrogens is 176 g/mol. The maximum atomic E-state index is 11.4. The van der Waals surface area contributed by atoms with Crippen molar-refractivity contribution in [3.8, 4) is 0 Å². The SMILES string of the molecule is CC1CCC2(CC(=O)C=CO2)C(C)C1. The quantitative estimate of drug-likeness (QED) is 0.592. The Hall–Kier alpha value is -0.790. The van der Waals surface area contributed by atoms with E-state index in [0.717, 1.165) is 12.3 Å². The van der Waals surface area contributed by atoms with Gasteiger partial charge in [-0.3, -0.25) is 4.79 Å². The van der Waals surface area contributed by atoms with E-state index in [-0.39, 0.29) is 11.4 Å². The molecule has 1 aliphatic heterocycles. The fraction of sp³-hybridized carbons (Fsp3) is 0.750. The van der Waals surface area contributed by atoms with Crippen LogP contribution in [0.5, 0.6) is 0 Å². The summed E-state index contributed by atoms with van der Waals surface area (Å²) in [7, 11) is 0. The summed E-state index contributed by atoms with van der Waals surface area (Å²) >= 11 is 0. The Bertz CT molecular complexity index is 269. The molecule has 3 unspecified atom stereocenters. The average molecular weight is 194 g/mol. The number of ketones is 1. The van der Waals surface area contributed by atoms with Crippen LogP contribution in [-0.4, -0.2) is 11.4 Å². The fourth-order valence-corrected chi connectivity index (χ4v) is 2.75. The van der Waals surface area contributed by atoms with Gasteiger partial charge in [0, 0.05) is 6.08 Å². The summed E-state index contributed by atoms with van der Waals surface area (Å²) in [4.78, 5) is 11.4. The Kier molecular flexibility index (Phi) is 2.38. The van der Waals surface area contributed by atoms with E-state index in [1.807, 2.05) is 0 Å². The summed E-state index contributed by atoms with van der Waals surface area (Å²) in [5.74, 6) is 1.50. The number of ether oxygens (including phenoxy) is 1. The van der Waals surface area contributed by atoms with Crippen molar-refractivity contribution in [3.05, 3.63) is 12.3 Å². The number of rotatable bonds is 0. The van der Waals surface area contributed by atoms with Crippen molar-refractivity contribution < 1.29 is 9.53 Å². The molecule has 0 aromatic carbocycles. The standard InChI is InChI=1S/C12H18O2/c1-9-3-5-12(10(2)7-9)8-11(13)4-6-14-12/h4,6,9-10H,3,5,7-8H2,1-2H3. The fourth-order valence-electron chi connectivity index (χ4n) is 2.75. The van der Waals surface area contributed by atoms with Crippen molar-refractivity contribution in [3.63, 3.8) is 0 Å². The summed E-state index contributed by atoms with van der Waals surface area (Å²) in [6.45, 7) is 4.49. The van der Waals surface area contributed by atoms with Crippen molar-refractivity contribution >= 4 is 5.78 Å². The molecule has 78 valence electrons. The van der Waals surface area contributed by atoms with E-state index in [0.29, 0.717) is 12.3 Å². The zero-order valence-corrected chi connectivity index (χ0v) is 8.95. The third-order valence-corrected chi connectivity index (χ3v) is 3.74. The van der Waals surface area contributed by atoms with Crippen LogP contribution in [0.15, 0.2) is 12.3 Å². The predicted molar refractivity (Wildman–Crippen MR) is 54.8 cm³/mol. The van der Waals surface area contributed by atoms with Gasteiger partial charge in [-0.05, 0) is 31.1 Å². The van der Waals surface area contributed by atoms with Crippen LogP contribution >= 0.6 is 0 Å². The van der Waals surface area contributed by atoms with Gasteiger partial charge in [-0.2, -0.15) is 0 Å². The highest BCUT2D eigenvalue weighted by atomic mass is 16.5. The maximum absolute atomic E-state index is 11.4. The van der Waals surface area contributed by atoms with Gasteiger partial charge in [0.05, 0.1) is 12.7 Å². The van der Waals surface area contributed by atoms with Crippen LogP contribution < -0.4 is 0 Å². The van der Waals surface area contributed by atoms with Gasteiger partial charge in [-0.15, -0.1) is 0 Å². The Morgan fingerprint density at radius 3 is 2.93 bits per heavy atom. The maximum Gasteiger partial charge on any atom is 0.162 e. The van der Waals surface area contributed by atoms with Gasteiger partial charge in [0.25, 0.3) is 0 Å². The van der Waals surface area contributed by atoms with Gasteiger partial charge in [0.15, 0.2) is 5.78 Å². The van der Waals surface area contributed by atoms with Crippen LogP contribution in [0.2, 0.25) is 0 Å². The Morgan fingerprint density at radius 1 is 1.50 bits per heavy atom. The molecule has 1 heterocycles. The highest BCUT2D eigenvalue weighted by Gasteiger charge is 2.44. The Balaban J connectivity index is 2.15. The second kappa shape index (κ2) is 3.41. The molecule has 0 bridgehead atoms. The molecule has 2 aliphatic rings. The number of carbonyl (C=O) groups excluding carboxylic acids is 1. The van der Waals surface area contributed by atoms with Gasteiger partial charge in [-0.1, -0.05) is 13.8 Å². The normalized spacial score (nSPS) is 42.6. The van der Waals surface area contributed by atoms with Crippen molar-refractivity contribution in [1.29, 1.82) is 0 Å². The molecule has 3 atom stereocenters. The summed E-state index contributed by atoms with van der Waals surface area (Å²) in [6.07, 6.45) is 7.13. The molecule has 2 nitrogen and oxygen atoms in total. The minimum atomic E-state index is -0.168. The molecule has 0 radical (unpaired) electrons. The van der Waals surface area contributed by atoms with Gasteiger partial charge < -0.3 is 4.74 Å². The van der Waals surface area contributed by atoms with Crippen LogP contribution in [0.4, 0.5) is 0 Å². The van der Waals surface area contributed by atoms with Gasteiger partial charge in [-0.25, -0.2) is 0 Å². The van der Waals surface area contributed by atoms with Gasteiger partial charge in [0.1, 0.15) is 5.60 Å². The first-order valence-corrected chi connectivity index (χ1v) is 5.49. The zero-order chi connectivity index (χ0) is 10.2. The summed E-state index contributed by atoms with van der Waals surface area (Å²) in [5.41, 5.74) is -0.168. The second-order valence-corrected chi connectivity index (χ2v) is 4.91. The van der Waals surface area contributed by atoms with Gasteiger partial charge >= 0.3 is 0 Å². The molecule has 2 heteroatoms. The van der Waals surface area contributed by atoms with E-state index in [4.69, 9.17) is 4.74 Å². The van der Waals surface area contributed by atoms with E-state index in [1.54, 1.807) is 12.3 Å². The molecule has 1 aliphatic carbocycles. The van der Waals surface area contributed by atoms with Crippen molar-refractivity contribution in [2.45, 2.75) is 45.1 Å². The monoisotopic (exact) mass is 194 g/mol. The molecular formula is C12H18O2. The first-order valence-electron chi connectivity index (χ1n) is 5.49. The summed E-state index contributed by atoms with van der Waals surface area (Å²) in [6, 6.07) is 0. The number of allylic oxidation sites excluding steroid dienone is 1. The lowest BCUT2D eigenvalue weighted by atomic mass is 9.69. The van der Waals surface area contributed by atoms with Crippen molar-refractivity contribution in [2.75, 3.05) is 0 Å². The van der Waals surface area contributed by atoms with Crippen LogP contribution in [-0.2, 0) is 9.53 Å². The lowest BCUT2D eigenvalue weighted by Crippen LogP contribution is -2.45. The van der Waals surface area contributed by atoms with Crippen molar-refractivity contribution in [2.24, 2.45) is 11.8 Å². The topological polar surface area (TPSA) is 26.3 Å². The van der Waals surface area contributed by atoms with Crippen LogP contribution in [0.25, 0.3) is 0 Å². The van der Waals surface area contributed by atoms with E-state index in [2.05, 4.69) is 13.8 Å². The number of carbonyl (C=O) groups is 1. The average Bonchev–Trinajstić information content (AvgIpc) is 2.13. The molecule has 14 heavy (non-hydrogen) atoms. The van der Waals surface area contributed by atoms with Crippen LogP contribution in [0.3, 0.4) is 0 Å². The highest BCUT2D eigenvalue weighted by molar-refractivity contribution is 5.90. The molecule has 1 saturated carbocycles. The lowest BCUT2D eigenvalue weighted by Gasteiger charge is -2.44. The molecule has 0 amide bonds. The van der Waals surface area contributed by atoms with E-state index in [1.165, 1.54) is 12.8 Å². The van der Waals surface area contributed by atoms with Crippen LogP contribution in [0, 0.1) is 11.8 Å². The van der Waals surface area contributed by atoms with E-state index < -0.39 is 0 Å². The Morgan fingerprint density at radius 2 is 2.29 bits per heavy atom. The zero-order valence-electron chi connectivity index (χ0n) is 8.95. The predicted octanol–water partition coefficient (Wildman–Crippen LogP) is 2.68. The van der Waals surface area contributed by atoms with Gasteiger partial charge in [0.2, 0.25) is 0 Å². The summed E-state index contributed by atoms with van der Waals surface area (Å²) < 4.78 is 5.74. The van der Waals surface area contributed by atoms with E-state index >= 15 is 0 Å². The third kappa shape index (κ3) is 1.58. The lowest BCUT2D eigenvalue weighted by molar-refractivity contribution is -0.130. The Labute approximate surface area is 85.3 Å². The molecule has 1 fully saturated rings. The molecule has 1 spiro atoms. The van der Waals surface area contributed by atoms with E-state index in [9.17, 15) is 4.79 Å². The molecule has 0 saturated heterocycles. The highest BCUT2D eigenvalue weighted by Crippen LogP contribution is 2.43. The molecule has 2 rings (SSSR count). The third-order valence-electron chi connectivity index (χ3n) is 3.74. The molecule has 0 aromatic heterocycles. The largest absolute Gasteiger partial charge is 0.494 e. The summed E-state index contributed by atoms with van der Waals surface area (Å²) in [5, 5.41) is 0. The first kappa shape index (κ1) is 9.75. The van der Waals surface area contributed by atoms with Crippen molar-refractivity contribution in [1.82, 2.24) is 0 Å².